The number of fused-ring (bicyclic) bond motifs is 3. The average molecular weight is 488 g/mol. The van der Waals surface area contributed by atoms with Gasteiger partial charge in [0, 0.05) is 24.0 Å². The quantitative estimate of drug-likeness (QED) is 0.467. The number of carbonyl (C=O) groups excluding carboxylic acids is 2. The van der Waals surface area contributed by atoms with Crippen molar-refractivity contribution in [3.8, 4) is 5.75 Å². The van der Waals surface area contributed by atoms with Crippen LogP contribution in [0.3, 0.4) is 0 Å². The molecule has 190 valence electrons. The van der Waals surface area contributed by atoms with Crippen molar-refractivity contribution >= 4 is 22.7 Å². The predicted octanol–water partition coefficient (Wildman–Crippen LogP) is 5.51. The van der Waals surface area contributed by atoms with Crippen LogP contribution in [0.15, 0.2) is 54.6 Å². The molecule has 36 heavy (non-hydrogen) atoms. The van der Waals surface area contributed by atoms with Gasteiger partial charge < -0.3 is 19.5 Å². The number of ether oxygens (including phenoxy) is 1. The lowest BCUT2D eigenvalue weighted by Gasteiger charge is -2.45. The molecule has 2 aromatic carbocycles. The van der Waals surface area contributed by atoms with E-state index in [1.807, 2.05) is 58.9 Å². The normalized spacial score (nSPS) is 21.6. The molecule has 3 aromatic rings. The minimum Gasteiger partial charge on any atom is -0.497 e. The highest BCUT2D eigenvalue weighted by molar-refractivity contribution is 6.03. The molecular weight excluding hydrogens is 450 g/mol. The van der Waals surface area contributed by atoms with E-state index in [2.05, 4.69) is 24.4 Å². The lowest BCUT2D eigenvalue weighted by Crippen LogP contribution is -2.65. The molecule has 0 bridgehead atoms. The third-order valence-corrected chi connectivity index (χ3v) is 8.14. The van der Waals surface area contributed by atoms with Crippen molar-refractivity contribution in [1.82, 2.24) is 14.8 Å². The third kappa shape index (κ3) is 4.49. The number of rotatable bonds is 6. The van der Waals surface area contributed by atoms with Gasteiger partial charge in [0.15, 0.2) is 0 Å². The van der Waals surface area contributed by atoms with Crippen molar-refractivity contribution in [1.29, 1.82) is 0 Å². The van der Waals surface area contributed by atoms with Crippen LogP contribution in [0.25, 0.3) is 10.9 Å². The summed E-state index contributed by atoms with van der Waals surface area (Å²) in [5.41, 5.74) is 1.70. The molecule has 2 heterocycles. The maximum absolute atomic E-state index is 14.1. The van der Waals surface area contributed by atoms with Crippen LogP contribution < -0.4 is 10.1 Å². The molecule has 1 fully saturated rings. The van der Waals surface area contributed by atoms with Gasteiger partial charge in [-0.3, -0.25) is 9.59 Å². The summed E-state index contributed by atoms with van der Waals surface area (Å²) in [6, 6.07) is 18.2. The predicted molar refractivity (Wildman–Crippen MR) is 142 cm³/mol. The highest BCUT2D eigenvalue weighted by Gasteiger charge is 2.48. The SMILES string of the molecule is COc1ccc2cc3n(c2c1)C[C@](C)(C(=O)NC1CCCCCC1)N(C[C@@H](C)c1ccccc1)C3=O. The number of methoxy groups -OCH3 is 1. The van der Waals surface area contributed by atoms with Gasteiger partial charge in [0.1, 0.15) is 17.0 Å². The van der Waals surface area contributed by atoms with E-state index in [1.54, 1.807) is 7.11 Å². The van der Waals surface area contributed by atoms with Crippen LogP contribution in [-0.4, -0.2) is 46.5 Å². The number of aromatic nitrogens is 1. The lowest BCUT2D eigenvalue weighted by molar-refractivity contribution is -0.133. The minimum atomic E-state index is -1.01. The number of carbonyl (C=O) groups is 2. The molecule has 5 rings (SSSR count). The van der Waals surface area contributed by atoms with Gasteiger partial charge in [0.05, 0.1) is 19.2 Å². The molecule has 1 aliphatic heterocycles. The number of benzene rings is 2. The first-order chi connectivity index (χ1) is 17.4. The molecule has 0 unspecified atom stereocenters. The molecule has 6 heteroatoms. The van der Waals surface area contributed by atoms with E-state index in [-0.39, 0.29) is 23.8 Å². The Morgan fingerprint density at radius 3 is 2.50 bits per heavy atom. The van der Waals surface area contributed by atoms with Crippen molar-refractivity contribution in [3.63, 3.8) is 0 Å². The van der Waals surface area contributed by atoms with Gasteiger partial charge in [-0.15, -0.1) is 0 Å². The summed E-state index contributed by atoms with van der Waals surface area (Å²) in [5.74, 6) is 0.674. The van der Waals surface area contributed by atoms with Crippen LogP contribution in [0.1, 0.15) is 74.3 Å². The Labute approximate surface area is 213 Å². The summed E-state index contributed by atoms with van der Waals surface area (Å²) >= 11 is 0. The molecule has 0 saturated heterocycles. The van der Waals surface area contributed by atoms with Gasteiger partial charge >= 0.3 is 0 Å². The first-order valence-electron chi connectivity index (χ1n) is 13.3. The smallest absolute Gasteiger partial charge is 0.271 e. The largest absolute Gasteiger partial charge is 0.497 e. The number of nitrogens with zero attached hydrogens (tertiary/aromatic N) is 2. The summed E-state index contributed by atoms with van der Waals surface area (Å²) in [4.78, 5) is 29.9. The van der Waals surface area contributed by atoms with E-state index in [1.165, 1.54) is 12.8 Å². The highest BCUT2D eigenvalue weighted by Crippen LogP contribution is 2.35. The summed E-state index contributed by atoms with van der Waals surface area (Å²) in [6.07, 6.45) is 6.74. The molecule has 2 amide bonds. The third-order valence-electron chi connectivity index (χ3n) is 8.14. The number of hydrogen-bond donors (Lipinski definition) is 1. The minimum absolute atomic E-state index is 0.0570. The Bertz CT molecular complexity index is 1240. The molecular formula is C30H37N3O3. The molecule has 1 aliphatic carbocycles. The van der Waals surface area contributed by atoms with E-state index in [9.17, 15) is 9.59 Å². The van der Waals surface area contributed by atoms with Gasteiger partial charge in [0.2, 0.25) is 5.91 Å². The Balaban J connectivity index is 1.53. The van der Waals surface area contributed by atoms with Crippen molar-refractivity contribution < 1.29 is 14.3 Å². The Morgan fingerprint density at radius 1 is 1.08 bits per heavy atom. The summed E-state index contributed by atoms with van der Waals surface area (Å²) in [6.45, 7) is 4.94. The monoisotopic (exact) mass is 487 g/mol. The lowest BCUT2D eigenvalue weighted by atomic mass is 9.91. The maximum atomic E-state index is 14.1. The summed E-state index contributed by atoms with van der Waals surface area (Å²) < 4.78 is 7.47. The van der Waals surface area contributed by atoms with Crippen LogP contribution in [-0.2, 0) is 11.3 Å². The van der Waals surface area contributed by atoms with Crippen molar-refractivity contribution in [2.75, 3.05) is 13.7 Å². The van der Waals surface area contributed by atoms with Crippen LogP contribution in [0, 0.1) is 0 Å². The maximum Gasteiger partial charge on any atom is 0.271 e. The van der Waals surface area contributed by atoms with Crippen LogP contribution in [0.5, 0.6) is 5.75 Å². The Hall–Kier alpha value is -3.28. The fraction of sp³-hybridized carbons (Fsp3) is 0.467. The first-order valence-corrected chi connectivity index (χ1v) is 13.3. The second kappa shape index (κ2) is 10.00. The number of hydrogen-bond acceptors (Lipinski definition) is 3. The molecule has 1 saturated carbocycles. The van der Waals surface area contributed by atoms with Crippen LogP contribution in [0.4, 0.5) is 0 Å². The van der Waals surface area contributed by atoms with Gasteiger partial charge in [-0.2, -0.15) is 0 Å². The van der Waals surface area contributed by atoms with Crippen LogP contribution in [0.2, 0.25) is 0 Å². The van der Waals surface area contributed by atoms with Crippen molar-refractivity contribution in [2.45, 2.75) is 76.4 Å². The van der Waals surface area contributed by atoms with Crippen molar-refractivity contribution in [3.05, 3.63) is 65.9 Å². The second-order valence-electron chi connectivity index (χ2n) is 10.7. The zero-order valence-electron chi connectivity index (χ0n) is 21.6. The van der Waals surface area contributed by atoms with Crippen molar-refractivity contribution in [2.24, 2.45) is 0 Å². The molecule has 1 N–H and O–H groups in total. The zero-order chi connectivity index (χ0) is 25.3. The summed E-state index contributed by atoms with van der Waals surface area (Å²) in [5, 5.41) is 4.33. The van der Waals surface area contributed by atoms with E-state index in [4.69, 9.17) is 4.74 Å². The fourth-order valence-electron chi connectivity index (χ4n) is 5.87. The number of nitrogens with one attached hydrogen (secondary N) is 1. The zero-order valence-corrected chi connectivity index (χ0v) is 21.6. The molecule has 0 spiro atoms. The average Bonchev–Trinajstić information content (AvgIpc) is 3.05. The van der Waals surface area contributed by atoms with Gasteiger partial charge in [-0.1, -0.05) is 62.9 Å². The number of amides is 2. The topological polar surface area (TPSA) is 63.6 Å². The van der Waals surface area contributed by atoms with E-state index < -0.39 is 5.54 Å². The van der Waals surface area contributed by atoms with Crippen LogP contribution >= 0.6 is 0 Å². The van der Waals surface area contributed by atoms with E-state index in [0.717, 1.165) is 47.9 Å². The van der Waals surface area contributed by atoms with Gasteiger partial charge in [-0.25, -0.2) is 0 Å². The Kier molecular flexibility index (Phi) is 6.78. The molecule has 6 nitrogen and oxygen atoms in total. The van der Waals surface area contributed by atoms with E-state index in [0.29, 0.717) is 18.8 Å². The fourth-order valence-corrected chi connectivity index (χ4v) is 5.87. The highest BCUT2D eigenvalue weighted by atomic mass is 16.5. The summed E-state index contributed by atoms with van der Waals surface area (Å²) in [7, 11) is 1.64. The van der Waals surface area contributed by atoms with Gasteiger partial charge in [-0.05, 0) is 49.4 Å². The van der Waals surface area contributed by atoms with Gasteiger partial charge in [0.25, 0.3) is 5.91 Å². The molecule has 0 radical (unpaired) electrons. The molecule has 2 aliphatic rings. The molecule has 1 aromatic heterocycles. The Morgan fingerprint density at radius 2 is 1.81 bits per heavy atom. The second-order valence-corrected chi connectivity index (χ2v) is 10.7. The van der Waals surface area contributed by atoms with E-state index >= 15 is 0 Å². The standard InChI is InChI=1S/C30H37N3O3/c1-21(22-11-7-6-8-12-22)19-33-28(34)27-17-23-15-16-25(36-3)18-26(23)32(27)20-30(33,2)29(35)31-24-13-9-4-5-10-14-24/h6-8,11-12,15-18,21,24H,4-5,9-10,13-14,19-20H2,1-3H3,(H,31,35)/t21-,30-/m1/s1. The first kappa shape index (κ1) is 24.4. The molecule has 2 atom stereocenters.